The number of hydrogen-bond donors (Lipinski definition) is 1. The van der Waals surface area contributed by atoms with Crippen molar-refractivity contribution in [3.05, 3.63) is 29.3 Å². The number of alkyl halides is 3. The van der Waals surface area contributed by atoms with Gasteiger partial charge in [0.15, 0.2) is 0 Å². The van der Waals surface area contributed by atoms with E-state index in [1.807, 2.05) is 0 Å². The van der Waals surface area contributed by atoms with Gasteiger partial charge >= 0.3 is 6.18 Å². The monoisotopic (exact) mass is 364 g/mol. The van der Waals surface area contributed by atoms with Crippen LogP contribution in [0.5, 0.6) is 5.75 Å². The highest BCUT2D eigenvalue weighted by Gasteiger charge is 2.37. The van der Waals surface area contributed by atoms with E-state index >= 15 is 0 Å². The minimum absolute atomic E-state index is 0. The number of nitrogens with one attached hydrogen (secondary N) is 1. The third kappa shape index (κ3) is 4.16. The first-order chi connectivity index (χ1) is 11.0. The lowest BCUT2D eigenvalue weighted by Gasteiger charge is -2.43. The molecule has 0 unspecified atom stereocenters. The van der Waals surface area contributed by atoms with E-state index in [4.69, 9.17) is 4.74 Å². The Labute approximate surface area is 147 Å². The summed E-state index contributed by atoms with van der Waals surface area (Å²) in [7, 11) is 1.42. The van der Waals surface area contributed by atoms with Gasteiger partial charge in [-0.05, 0) is 42.5 Å². The molecule has 1 heterocycles. The van der Waals surface area contributed by atoms with Gasteiger partial charge in [0.2, 0.25) is 0 Å². The smallest absolute Gasteiger partial charge is 0.416 e. The molecular formula is C17H24ClF3N2O. The number of nitrogens with zero attached hydrogens (tertiary/aromatic N) is 1. The summed E-state index contributed by atoms with van der Waals surface area (Å²) in [5.74, 6) is 0.732. The number of halogens is 4. The molecule has 1 atom stereocenters. The average Bonchev–Trinajstić information content (AvgIpc) is 2.50. The van der Waals surface area contributed by atoms with Crippen molar-refractivity contribution in [2.75, 3.05) is 33.3 Å². The summed E-state index contributed by atoms with van der Waals surface area (Å²) >= 11 is 0. The largest absolute Gasteiger partial charge is 0.497 e. The Morgan fingerprint density at radius 1 is 1.17 bits per heavy atom. The summed E-state index contributed by atoms with van der Waals surface area (Å²) in [4.78, 5) is 2.33. The molecule has 0 aromatic heterocycles. The van der Waals surface area contributed by atoms with Crippen LogP contribution in [0.1, 0.15) is 36.4 Å². The Balaban J connectivity index is 0.00000208. The summed E-state index contributed by atoms with van der Waals surface area (Å²) in [6, 6.07) is 4.23. The average molecular weight is 365 g/mol. The minimum atomic E-state index is -4.35. The third-order valence-electron chi connectivity index (χ3n) is 4.97. The maximum atomic E-state index is 13.2. The fourth-order valence-corrected chi connectivity index (χ4v) is 3.57. The Kier molecular flexibility index (Phi) is 6.39. The second-order valence-electron chi connectivity index (χ2n) is 6.41. The van der Waals surface area contributed by atoms with Gasteiger partial charge in [-0.25, -0.2) is 0 Å². The molecule has 1 aromatic carbocycles. The van der Waals surface area contributed by atoms with Crippen molar-refractivity contribution in [3.63, 3.8) is 0 Å². The normalized spacial score (nSPS) is 20.8. The molecule has 1 saturated carbocycles. The molecule has 0 spiro atoms. The highest BCUT2D eigenvalue weighted by atomic mass is 35.5. The van der Waals surface area contributed by atoms with E-state index in [2.05, 4.69) is 10.2 Å². The zero-order valence-corrected chi connectivity index (χ0v) is 14.6. The van der Waals surface area contributed by atoms with Gasteiger partial charge in [0, 0.05) is 32.2 Å². The van der Waals surface area contributed by atoms with Gasteiger partial charge in [-0.15, -0.1) is 12.4 Å². The SMILES string of the molecule is COc1cc([C@@H](C2CCC2)N2CCNCC2)cc(C(F)(F)F)c1.Cl. The molecule has 7 heteroatoms. The zero-order valence-electron chi connectivity index (χ0n) is 13.7. The fraction of sp³-hybridized carbons (Fsp3) is 0.647. The summed E-state index contributed by atoms with van der Waals surface area (Å²) in [5, 5.41) is 3.31. The van der Waals surface area contributed by atoms with Crippen molar-refractivity contribution < 1.29 is 17.9 Å². The van der Waals surface area contributed by atoms with Crippen molar-refractivity contribution in [2.24, 2.45) is 5.92 Å². The fourth-order valence-electron chi connectivity index (χ4n) is 3.57. The lowest BCUT2D eigenvalue weighted by Crippen LogP contribution is -2.47. The van der Waals surface area contributed by atoms with Crippen LogP contribution in [0.4, 0.5) is 13.2 Å². The van der Waals surface area contributed by atoms with E-state index in [1.54, 1.807) is 6.07 Å². The predicted octanol–water partition coefficient (Wildman–Crippen LogP) is 3.88. The molecule has 2 fully saturated rings. The van der Waals surface area contributed by atoms with Crippen LogP contribution in [0, 0.1) is 5.92 Å². The van der Waals surface area contributed by atoms with Crippen molar-refractivity contribution in [2.45, 2.75) is 31.5 Å². The lowest BCUT2D eigenvalue weighted by molar-refractivity contribution is -0.137. The summed E-state index contributed by atoms with van der Waals surface area (Å²) in [6.45, 7) is 3.53. The molecule has 3 rings (SSSR count). The Morgan fingerprint density at radius 2 is 1.83 bits per heavy atom. The van der Waals surface area contributed by atoms with Crippen LogP contribution in [-0.2, 0) is 6.18 Å². The number of piperazine rings is 1. The molecule has 1 aliphatic heterocycles. The molecule has 3 nitrogen and oxygen atoms in total. The summed E-state index contributed by atoms with van der Waals surface area (Å²) in [6.07, 6.45) is -0.999. The van der Waals surface area contributed by atoms with Gasteiger partial charge < -0.3 is 10.1 Å². The Bertz CT molecular complexity index is 543. The van der Waals surface area contributed by atoms with E-state index in [9.17, 15) is 13.2 Å². The van der Waals surface area contributed by atoms with Crippen LogP contribution >= 0.6 is 12.4 Å². The molecule has 2 aliphatic rings. The van der Waals surface area contributed by atoms with Crippen LogP contribution in [0.2, 0.25) is 0 Å². The van der Waals surface area contributed by atoms with Gasteiger partial charge in [0.1, 0.15) is 5.75 Å². The van der Waals surface area contributed by atoms with Gasteiger partial charge in [-0.2, -0.15) is 13.2 Å². The number of ether oxygens (including phenoxy) is 1. The molecule has 1 aliphatic carbocycles. The Morgan fingerprint density at radius 3 is 2.33 bits per heavy atom. The molecule has 1 N–H and O–H groups in total. The minimum Gasteiger partial charge on any atom is -0.497 e. The summed E-state index contributed by atoms with van der Waals surface area (Å²) < 4.78 is 44.8. The van der Waals surface area contributed by atoms with Crippen LogP contribution in [0.25, 0.3) is 0 Å². The van der Waals surface area contributed by atoms with Crippen molar-refractivity contribution >= 4 is 12.4 Å². The highest BCUT2D eigenvalue weighted by Crippen LogP contribution is 2.44. The van der Waals surface area contributed by atoms with Gasteiger partial charge in [-0.3, -0.25) is 4.90 Å². The predicted molar refractivity (Wildman–Crippen MR) is 89.8 cm³/mol. The quantitative estimate of drug-likeness (QED) is 0.877. The van der Waals surface area contributed by atoms with Crippen LogP contribution in [0.3, 0.4) is 0 Å². The lowest BCUT2D eigenvalue weighted by atomic mass is 9.76. The maximum absolute atomic E-state index is 13.2. The van der Waals surface area contributed by atoms with Crippen LogP contribution < -0.4 is 10.1 Å². The standard InChI is InChI=1S/C17H23F3N2O.ClH/c1-23-15-10-13(9-14(11-15)17(18,19)20)16(12-3-2-4-12)22-7-5-21-6-8-22;/h9-12,16,21H,2-8H2,1H3;1H/t16-;/m1./s1. The van der Waals surface area contributed by atoms with E-state index in [0.717, 1.165) is 50.7 Å². The molecule has 0 bridgehead atoms. The second-order valence-corrected chi connectivity index (χ2v) is 6.41. The molecule has 1 aromatic rings. The highest BCUT2D eigenvalue weighted by molar-refractivity contribution is 5.85. The molecule has 1 saturated heterocycles. The van der Waals surface area contributed by atoms with E-state index in [0.29, 0.717) is 5.92 Å². The first-order valence-electron chi connectivity index (χ1n) is 8.20. The van der Waals surface area contributed by atoms with Gasteiger partial charge in [0.25, 0.3) is 0 Å². The Hall–Kier alpha value is -0.980. The van der Waals surface area contributed by atoms with Gasteiger partial charge in [0.05, 0.1) is 12.7 Å². The van der Waals surface area contributed by atoms with Crippen molar-refractivity contribution in [1.82, 2.24) is 10.2 Å². The first-order valence-corrected chi connectivity index (χ1v) is 8.20. The topological polar surface area (TPSA) is 24.5 Å². The maximum Gasteiger partial charge on any atom is 0.416 e. The van der Waals surface area contributed by atoms with E-state index in [1.165, 1.54) is 19.6 Å². The van der Waals surface area contributed by atoms with E-state index < -0.39 is 11.7 Å². The molecular weight excluding hydrogens is 341 g/mol. The van der Waals surface area contributed by atoms with Crippen LogP contribution in [0.15, 0.2) is 18.2 Å². The van der Waals surface area contributed by atoms with E-state index in [-0.39, 0.29) is 24.2 Å². The number of hydrogen-bond acceptors (Lipinski definition) is 3. The number of rotatable bonds is 4. The molecule has 136 valence electrons. The van der Waals surface area contributed by atoms with Crippen molar-refractivity contribution in [3.8, 4) is 5.75 Å². The molecule has 0 radical (unpaired) electrons. The zero-order chi connectivity index (χ0) is 16.4. The first kappa shape index (κ1) is 19.3. The summed E-state index contributed by atoms with van der Waals surface area (Å²) in [5.41, 5.74) is 0.120. The van der Waals surface area contributed by atoms with Crippen LogP contribution in [-0.4, -0.2) is 38.2 Å². The third-order valence-corrected chi connectivity index (χ3v) is 4.97. The molecule has 24 heavy (non-hydrogen) atoms. The van der Waals surface area contributed by atoms with Gasteiger partial charge in [-0.1, -0.05) is 6.42 Å². The van der Waals surface area contributed by atoms with Crippen molar-refractivity contribution in [1.29, 1.82) is 0 Å². The second kappa shape index (κ2) is 7.93. The number of methoxy groups -OCH3 is 1. The molecule has 0 amide bonds. The number of benzene rings is 1.